The number of hydrogen-bond acceptors (Lipinski definition) is 4. The predicted octanol–water partition coefficient (Wildman–Crippen LogP) is 2.71. The Balaban J connectivity index is 1.88. The molecule has 1 aromatic rings. The number of nitrogens with zero attached hydrogens (tertiary/aromatic N) is 1. The first-order chi connectivity index (χ1) is 8.16. The third-order valence-corrected chi connectivity index (χ3v) is 3.35. The molecule has 0 atom stereocenters. The van der Waals surface area contributed by atoms with E-state index in [-0.39, 0.29) is 18.5 Å². The minimum Gasteiger partial charge on any atom is -0.462 e. The first-order valence-corrected chi connectivity index (χ1v) is 6.28. The van der Waals surface area contributed by atoms with Crippen molar-refractivity contribution in [3.63, 3.8) is 0 Å². The quantitative estimate of drug-likeness (QED) is 0.758. The fourth-order valence-electron chi connectivity index (χ4n) is 2.31. The van der Waals surface area contributed by atoms with Gasteiger partial charge in [0.1, 0.15) is 11.9 Å². The van der Waals surface area contributed by atoms with Gasteiger partial charge in [-0.3, -0.25) is 4.79 Å². The number of aryl methyl sites for hydroxylation is 2. The van der Waals surface area contributed by atoms with Gasteiger partial charge in [0, 0.05) is 5.56 Å². The van der Waals surface area contributed by atoms with Gasteiger partial charge in [-0.1, -0.05) is 11.6 Å². The highest BCUT2D eigenvalue weighted by Gasteiger charge is 2.20. The maximum atomic E-state index is 11.8. The third kappa shape index (κ3) is 3.08. The van der Waals surface area contributed by atoms with Gasteiger partial charge < -0.3 is 9.26 Å². The van der Waals surface area contributed by atoms with Crippen molar-refractivity contribution >= 4 is 5.97 Å². The first-order valence-electron chi connectivity index (χ1n) is 6.28. The summed E-state index contributed by atoms with van der Waals surface area (Å²) in [6.07, 6.45) is 6.01. The van der Waals surface area contributed by atoms with Gasteiger partial charge in [0.25, 0.3) is 0 Å². The topological polar surface area (TPSA) is 52.3 Å². The van der Waals surface area contributed by atoms with Crippen LogP contribution in [0.1, 0.15) is 49.1 Å². The Morgan fingerprint density at radius 2 is 2.06 bits per heavy atom. The lowest BCUT2D eigenvalue weighted by Gasteiger charge is -2.21. The van der Waals surface area contributed by atoms with Crippen LogP contribution in [0.3, 0.4) is 0 Å². The molecule has 0 amide bonds. The van der Waals surface area contributed by atoms with E-state index in [1.165, 1.54) is 19.3 Å². The second-order valence-electron chi connectivity index (χ2n) is 4.73. The molecule has 1 heterocycles. The summed E-state index contributed by atoms with van der Waals surface area (Å²) >= 11 is 0. The van der Waals surface area contributed by atoms with Gasteiger partial charge in [-0.05, 0) is 39.5 Å². The Labute approximate surface area is 101 Å². The number of aromatic nitrogens is 1. The highest BCUT2D eigenvalue weighted by Crippen LogP contribution is 2.21. The van der Waals surface area contributed by atoms with Crippen LogP contribution in [0.15, 0.2) is 4.52 Å². The van der Waals surface area contributed by atoms with Crippen molar-refractivity contribution in [1.82, 2.24) is 5.16 Å². The van der Waals surface area contributed by atoms with Crippen molar-refractivity contribution < 1.29 is 14.1 Å². The molecule has 0 spiro atoms. The number of hydrogen-bond donors (Lipinski definition) is 0. The molecule has 4 heteroatoms. The first kappa shape index (κ1) is 12.1. The van der Waals surface area contributed by atoms with Crippen molar-refractivity contribution in [1.29, 1.82) is 0 Å². The van der Waals surface area contributed by atoms with Gasteiger partial charge in [-0.15, -0.1) is 0 Å². The summed E-state index contributed by atoms with van der Waals surface area (Å²) in [6, 6.07) is 0. The molecule has 0 radical (unpaired) electrons. The maximum Gasteiger partial charge on any atom is 0.310 e. The van der Waals surface area contributed by atoms with Crippen LogP contribution in [0.4, 0.5) is 0 Å². The molecular formula is C13H19NO3. The summed E-state index contributed by atoms with van der Waals surface area (Å²) in [5, 5.41) is 3.83. The zero-order chi connectivity index (χ0) is 12.3. The van der Waals surface area contributed by atoms with Crippen LogP contribution in [-0.4, -0.2) is 17.2 Å². The zero-order valence-corrected chi connectivity index (χ0v) is 10.5. The average molecular weight is 237 g/mol. The maximum absolute atomic E-state index is 11.8. The Morgan fingerprint density at radius 1 is 1.35 bits per heavy atom. The van der Waals surface area contributed by atoms with Gasteiger partial charge in [0.05, 0.1) is 12.1 Å². The fraction of sp³-hybridized carbons (Fsp3) is 0.692. The van der Waals surface area contributed by atoms with Crippen molar-refractivity contribution in [2.45, 2.75) is 58.5 Å². The van der Waals surface area contributed by atoms with Crippen LogP contribution >= 0.6 is 0 Å². The van der Waals surface area contributed by atoms with E-state index in [0.29, 0.717) is 5.76 Å². The molecule has 94 valence electrons. The highest BCUT2D eigenvalue weighted by atomic mass is 16.5. The number of rotatable bonds is 3. The molecule has 0 saturated heterocycles. The lowest BCUT2D eigenvalue weighted by atomic mass is 9.98. The molecule has 2 rings (SSSR count). The van der Waals surface area contributed by atoms with Crippen molar-refractivity contribution in [3.05, 3.63) is 17.0 Å². The zero-order valence-electron chi connectivity index (χ0n) is 10.5. The van der Waals surface area contributed by atoms with Crippen LogP contribution in [0.5, 0.6) is 0 Å². The summed E-state index contributed by atoms with van der Waals surface area (Å²) in [6.45, 7) is 3.67. The largest absolute Gasteiger partial charge is 0.462 e. The molecule has 1 aliphatic carbocycles. The molecule has 1 aromatic heterocycles. The lowest BCUT2D eigenvalue weighted by Crippen LogP contribution is -2.22. The average Bonchev–Trinajstić information content (AvgIpc) is 2.62. The molecule has 0 unspecified atom stereocenters. The smallest absolute Gasteiger partial charge is 0.310 e. The molecule has 0 aliphatic heterocycles. The van der Waals surface area contributed by atoms with Crippen LogP contribution in [0, 0.1) is 13.8 Å². The Bertz CT molecular complexity index is 372. The van der Waals surface area contributed by atoms with Gasteiger partial charge in [0.2, 0.25) is 0 Å². The lowest BCUT2D eigenvalue weighted by molar-refractivity contribution is -0.149. The van der Waals surface area contributed by atoms with E-state index in [1.807, 2.05) is 13.8 Å². The Kier molecular flexibility index (Phi) is 3.82. The minimum atomic E-state index is -0.161. The molecule has 17 heavy (non-hydrogen) atoms. The normalized spacial score (nSPS) is 17.1. The second-order valence-corrected chi connectivity index (χ2v) is 4.73. The second kappa shape index (κ2) is 5.34. The summed E-state index contributed by atoms with van der Waals surface area (Å²) in [5.41, 5.74) is 1.65. The standard InChI is InChI=1S/C13H19NO3/c1-9-12(10(2)17-14-9)8-13(15)16-11-6-4-3-5-7-11/h11H,3-8H2,1-2H3. The van der Waals surface area contributed by atoms with Crippen LogP contribution < -0.4 is 0 Å². The Hall–Kier alpha value is -1.32. The summed E-state index contributed by atoms with van der Waals surface area (Å²) in [7, 11) is 0. The van der Waals surface area contributed by atoms with E-state index < -0.39 is 0 Å². The van der Waals surface area contributed by atoms with Crippen molar-refractivity contribution in [2.24, 2.45) is 0 Å². The molecule has 0 bridgehead atoms. The number of ether oxygens (including phenoxy) is 1. The third-order valence-electron chi connectivity index (χ3n) is 3.35. The summed E-state index contributed by atoms with van der Waals surface area (Å²) < 4.78 is 10.5. The molecule has 1 aliphatic rings. The highest BCUT2D eigenvalue weighted by molar-refractivity contribution is 5.73. The van der Waals surface area contributed by atoms with E-state index in [9.17, 15) is 4.79 Å². The number of esters is 1. The molecule has 0 aromatic carbocycles. The minimum absolute atomic E-state index is 0.122. The molecule has 0 N–H and O–H groups in total. The monoisotopic (exact) mass is 237 g/mol. The van der Waals surface area contributed by atoms with Crippen LogP contribution in [0.25, 0.3) is 0 Å². The number of carbonyl (C=O) groups excluding carboxylic acids is 1. The summed E-state index contributed by atoms with van der Waals surface area (Å²) in [4.78, 5) is 11.8. The van der Waals surface area contributed by atoms with Crippen molar-refractivity contribution in [2.75, 3.05) is 0 Å². The van der Waals surface area contributed by atoms with E-state index in [0.717, 1.165) is 24.1 Å². The van der Waals surface area contributed by atoms with Crippen LogP contribution in [-0.2, 0) is 16.0 Å². The predicted molar refractivity (Wildman–Crippen MR) is 62.6 cm³/mol. The van der Waals surface area contributed by atoms with Gasteiger partial charge >= 0.3 is 5.97 Å². The van der Waals surface area contributed by atoms with Crippen molar-refractivity contribution in [3.8, 4) is 0 Å². The summed E-state index contributed by atoms with van der Waals surface area (Å²) in [5.74, 6) is 0.550. The number of carbonyl (C=O) groups is 1. The van der Waals surface area contributed by atoms with Gasteiger partial charge in [-0.2, -0.15) is 0 Å². The fourth-order valence-corrected chi connectivity index (χ4v) is 2.31. The SMILES string of the molecule is Cc1noc(C)c1CC(=O)OC1CCCCC1. The molecule has 1 saturated carbocycles. The van der Waals surface area contributed by atoms with E-state index >= 15 is 0 Å². The van der Waals surface area contributed by atoms with Crippen LogP contribution in [0.2, 0.25) is 0 Å². The molecule has 1 fully saturated rings. The van der Waals surface area contributed by atoms with Gasteiger partial charge in [0.15, 0.2) is 0 Å². The molecule has 4 nitrogen and oxygen atoms in total. The Morgan fingerprint density at radius 3 is 2.65 bits per heavy atom. The van der Waals surface area contributed by atoms with E-state index in [1.54, 1.807) is 0 Å². The van der Waals surface area contributed by atoms with E-state index in [4.69, 9.17) is 9.26 Å². The van der Waals surface area contributed by atoms with E-state index in [2.05, 4.69) is 5.16 Å². The molecular weight excluding hydrogens is 218 g/mol. The van der Waals surface area contributed by atoms with Gasteiger partial charge in [-0.25, -0.2) is 0 Å².